The molecule has 0 bridgehead atoms. The van der Waals surface area contributed by atoms with Crippen LogP contribution in [0.3, 0.4) is 0 Å². The number of rotatable bonds is 35. The average molecular weight is 1670 g/mol. The number of nitriles is 1. The minimum Gasteiger partial charge on any atom is -0.491 e. The van der Waals surface area contributed by atoms with E-state index in [0.717, 1.165) is 45.3 Å². The summed E-state index contributed by atoms with van der Waals surface area (Å²) < 4.78 is 77.1. The van der Waals surface area contributed by atoms with Gasteiger partial charge in [0.05, 0.1) is 178 Å². The van der Waals surface area contributed by atoms with Gasteiger partial charge in [-0.1, -0.05) is 24.3 Å². The van der Waals surface area contributed by atoms with E-state index >= 15 is 0 Å². The van der Waals surface area contributed by atoms with E-state index in [0.29, 0.717) is 258 Å². The van der Waals surface area contributed by atoms with Crippen LogP contribution in [-0.2, 0) is 78.3 Å². The smallest absolute Gasteiger partial charge is 0.354 e. The second kappa shape index (κ2) is 60.5. The van der Waals surface area contributed by atoms with Gasteiger partial charge < -0.3 is 82.0 Å². The fourth-order valence-electron chi connectivity index (χ4n) is 10.8. The Labute approximate surface area is 691 Å². The lowest BCUT2D eigenvalue weighted by Crippen LogP contribution is -2.35. The Balaban J connectivity index is 0.000000404. The van der Waals surface area contributed by atoms with Crippen LogP contribution in [-0.4, -0.2) is 322 Å². The van der Waals surface area contributed by atoms with Gasteiger partial charge in [-0.05, 0) is 121 Å². The number of carboxylic acid groups (broad SMARTS) is 4. The Bertz CT molecular complexity index is 3790. The molecule has 6 aromatic rings. The van der Waals surface area contributed by atoms with E-state index in [1.54, 1.807) is 47.8 Å². The van der Waals surface area contributed by atoms with Crippen molar-refractivity contribution >= 4 is 82.2 Å². The molecule has 0 amide bonds. The number of thioether (sulfide) groups is 3. The zero-order valence-corrected chi connectivity index (χ0v) is 68.7. The Morgan fingerprint density at radius 3 is 1.07 bits per heavy atom. The van der Waals surface area contributed by atoms with Crippen molar-refractivity contribution in [3.8, 4) is 16.9 Å². The minimum absolute atomic E-state index is 0. The van der Waals surface area contributed by atoms with E-state index in [1.807, 2.05) is 78.2 Å². The maximum absolute atomic E-state index is 11.5. The molecular weight excluding hydrogens is 1570 g/mol. The molecule has 31 nitrogen and oxygen atoms in total. The number of pyridine rings is 4. The third-order valence-corrected chi connectivity index (χ3v) is 19.4. The van der Waals surface area contributed by atoms with Crippen LogP contribution in [0, 0.1) is 25.5 Å². The van der Waals surface area contributed by atoms with Gasteiger partial charge in [0.2, 0.25) is 0 Å². The van der Waals surface area contributed by atoms with Gasteiger partial charge in [0, 0.05) is 121 Å². The number of nitrogens with zero attached hydrogens (tertiary/aromatic N) is 10. The Hall–Kier alpha value is -8.00. The number of hydrogen-bond donors (Lipinski definition) is 4. The van der Waals surface area contributed by atoms with Gasteiger partial charge in [-0.15, -0.1) is 0 Å². The number of aromatic nitrogens is 4. The molecule has 6 heterocycles. The van der Waals surface area contributed by atoms with E-state index in [4.69, 9.17) is 66.8 Å². The first-order valence-corrected chi connectivity index (χ1v) is 40.7. The van der Waals surface area contributed by atoms with Crippen molar-refractivity contribution < 1.29 is 101 Å². The van der Waals surface area contributed by atoms with E-state index in [1.165, 1.54) is 24.3 Å². The molecule has 4 N–H and O–H groups in total. The summed E-state index contributed by atoms with van der Waals surface area (Å²) in [6.07, 6.45) is -0.402. The summed E-state index contributed by atoms with van der Waals surface area (Å²) in [5.41, 5.74) is 3.32. The first kappa shape index (κ1) is 97.6. The summed E-state index contributed by atoms with van der Waals surface area (Å²) in [4.78, 5) is 76.4. The monoisotopic (exact) mass is 1670 g/mol. The molecule has 4 aromatic heterocycles. The summed E-state index contributed by atoms with van der Waals surface area (Å²) in [7, 11) is 0. The number of ether oxygens (including phenoxy) is 13. The summed E-state index contributed by atoms with van der Waals surface area (Å²) in [5.74, 6) is 0.0518. The molecule has 0 spiro atoms. The zero-order chi connectivity index (χ0) is 80.0. The van der Waals surface area contributed by atoms with Crippen LogP contribution < -0.4 is 9.47 Å². The molecule has 2 aromatic carbocycles. The standard InChI is InChI=1S/C40H53N5O11S2.C38H49N5O10S2.2CH3/c41-31-58-36-9-7-34(8-10-36)56-24-23-52-21-22-53-25-26-57-30-35-29-54-17-13-44(27-32-3-1-5-37(42-32)39(46)47)11-15-50-19-20-51-16-12-45(14-18-55-35)28-33-4-2-6-38(43-33)40(48)49;44-37(45)35-5-1-3-31(40-35)25-42-11-15-48-19-20-49-16-12-43(26-32-4-2-6-36(41-32)38(46)47)14-18-52-34(27-51-17-13-42)28-55-24-23-50-21-22-53-33-9-7-30(8-10-33)39-29-54;;/h1-10,35H,11-30H2,(H,46,47)(H,48,49);1-10,34H,11-28H2,(H,44,45)(H,46,47);2*1H3/q;;2*+1/t35-;34-;;/m00../s1. The highest BCUT2D eigenvalue weighted by atomic mass is 32.2. The summed E-state index contributed by atoms with van der Waals surface area (Å²) >= 11 is 9.16. The number of carbonyl (C=O) groups is 4. The van der Waals surface area contributed by atoms with Gasteiger partial charge in [0.1, 0.15) is 52.9 Å². The molecule has 2 aliphatic rings. The lowest BCUT2D eigenvalue weighted by Gasteiger charge is -2.25. The lowest BCUT2D eigenvalue weighted by molar-refractivity contribution is -0.0238. The van der Waals surface area contributed by atoms with E-state index in [-0.39, 0.29) is 49.8 Å². The van der Waals surface area contributed by atoms with Crippen molar-refractivity contribution in [1.29, 1.82) is 5.26 Å². The number of aliphatic imine (C=N–C) groups is 1. The topological polar surface area (TPSA) is 370 Å². The molecule has 2 fully saturated rings. The normalized spacial score (nSPS) is 16.9. The van der Waals surface area contributed by atoms with Gasteiger partial charge >= 0.3 is 23.9 Å². The molecule has 115 heavy (non-hydrogen) atoms. The predicted octanol–water partition coefficient (Wildman–Crippen LogP) is 9.13. The highest BCUT2D eigenvalue weighted by Gasteiger charge is 2.20. The largest absolute Gasteiger partial charge is 0.491 e. The number of isothiocyanates is 1. The molecule has 2 saturated heterocycles. The molecule has 626 valence electrons. The van der Waals surface area contributed by atoms with E-state index < -0.39 is 23.9 Å². The zero-order valence-electron chi connectivity index (χ0n) is 65.4. The van der Waals surface area contributed by atoms with Gasteiger partial charge in [-0.25, -0.2) is 39.1 Å². The number of hydrogen-bond acceptors (Lipinski definition) is 31. The molecule has 2 aliphatic heterocycles. The first-order chi connectivity index (χ1) is 55.3. The summed E-state index contributed by atoms with van der Waals surface area (Å²) in [6.45, 7) is 16.0. The third-order valence-electron chi connectivity index (χ3n) is 16.5. The van der Waals surface area contributed by atoms with Crippen LogP contribution in [0.1, 0.15) is 64.7 Å². The number of thiocyanates is 1. The molecule has 35 heteroatoms. The van der Waals surface area contributed by atoms with E-state index in [2.05, 4.69) is 61.9 Å². The summed E-state index contributed by atoms with van der Waals surface area (Å²) in [6, 6.07) is 34.5. The van der Waals surface area contributed by atoms with Crippen LogP contribution in [0.15, 0.2) is 131 Å². The van der Waals surface area contributed by atoms with Crippen LogP contribution in [0.2, 0.25) is 0 Å². The number of aromatic carboxylic acids is 4. The van der Waals surface area contributed by atoms with Crippen LogP contribution in [0.25, 0.3) is 0 Å². The van der Waals surface area contributed by atoms with Crippen LogP contribution in [0.4, 0.5) is 5.69 Å². The van der Waals surface area contributed by atoms with Crippen molar-refractivity contribution in [2.45, 2.75) is 43.3 Å². The maximum Gasteiger partial charge on any atom is 0.354 e. The lowest BCUT2D eigenvalue weighted by atomic mass is 10.3. The number of thiocarbonyl (C=S) groups is 1. The highest BCUT2D eigenvalue weighted by molar-refractivity contribution is 8.03. The molecule has 8 rings (SSSR count). The molecular formula is C80H108N10O21S4+2. The Morgan fingerprint density at radius 1 is 0.426 bits per heavy atom. The third kappa shape index (κ3) is 43.2. The van der Waals surface area contributed by atoms with Gasteiger partial charge in [0.15, 0.2) is 0 Å². The SMILES string of the molecule is N#CSc1ccc(OCCOCCOCCSC[C@@H]2COCCN(Cc3cccc(C(=O)O)n3)CCOCCOCCN(Cc3cccc(C(=O)O)n3)CCO2)cc1.O=C(O)c1cccc(CN2CCOCCOCCN(Cc3cccc(C(=O)O)n3)CCO[C@H](CSCCOCCOc3ccc(N=C=S)cc3)COCC2)n1.[CH3+].[CH3+]. The molecule has 0 aliphatic carbocycles. The average Bonchev–Trinajstić information content (AvgIpc) is 0.893. The minimum atomic E-state index is -1.07. The Kier molecular flexibility index (Phi) is 51.3. The van der Waals surface area contributed by atoms with Gasteiger partial charge in [0.25, 0.3) is 0 Å². The van der Waals surface area contributed by atoms with Crippen LogP contribution in [0.5, 0.6) is 11.5 Å². The molecule has 0 saturated carbocycles. The number of carboxylic acids is 4. The van der Waals surface area contributed by atoms with Crippen molar-refractivity contribution in [3.05, 3.63) is 182 Å². The van der Waals surface area contributed by atoms with Crippen molar-refractivity contribution in [2.75, 3.05) is 221 Å². The predicted molar refractivity (Wildman–Crippen MR) is 440 cm³/mol. The van der Waals surface area contributed by atoms with Gasteiger partial charge in [-0.2, -0.15) is 33.8 Å². The Morgan fingerprint density at radius 2 is 0.739 bits per heavy atom. The summed E-state index contributed by atoms with van der Waals surface area (Å²) in [5, 5.41) is 50.8. The van der Waals surface area contributed by atoms with Gasteiger partial charge in [-0.3, -0.25) is 19.6 Å². The quantitative estimate of drug-likeness (QED) is 0.00719. The second-order valence-corrected chi connectivity index (χ2v) is 28.4. The fraction of sp³-hybridized carbons (Fsp3) is 0.500. The molecule has 2 atom stereocenters. The first-order valence-electron chi connectivity index (χ1n) is 37.1. The van der Waals surface area contributed by atoms with E-state index in [9.17, 15) is 39.6 Å². The van der Waals surface area contributed by atoms with Crippen LogP contribution >= 0.6 is 47.5 Å². The number of benzene rings is 2. The molecule has 0 radical (unpaired) electrons. The molecule has 0 unspecified atom stereocenters. The second-order valence-electron chi connectivity index (χ2n) is 25.0. The fourth-order valence-corrected chi connectivity index (χ4v) is 13.0. The highest BCUT2D eigenvalue weighted by Crippen LogP contribution is 2.22. The van der Waals surface area contributed by atoms with Crippen molar-refractivity contribution in [1.82, 2.24) is 39.5 Å². The van der Waals surface area contributed by atoms with Crippen molar-refractivity contribution in [2.24, 2.45) is 4.99 Å². The maximum atomic E-state index is 11.5. The van der Waals surface area contributed by atoms with Crippen molar-refractivity contribution in [3.63, 3.8) is 0 Å².